The van der Waals surface area contributed by atoms with E-state index in [1.165, 1.54) is 12.8 Å². The van der Waals surface area contributed by atoms with E-state index in [4.69, 9.17) is 0 Å². The van der Waals surface area contributed by atoms with Crippen molar-refractivity contribution in [2.75, 3.05) is 19.6 Å². The average molecular weight is 266 g/mol. The van der Waals surface area contributed by atoms with Gasteiger partial charge in [-0.2, -0.15) is 0 Å². The van der Waals surface area contributed by atoms with Crippen molar-refractivity contribution in [2.24, 2.45) is 10.9 Å². The number of aliphatic imine (C=N–C) groups is 1. The molecule has 0 radical (unpaired) electrons. The highest BCUT2D eigenvalue weighted by molar-refractivity contribution is 5.81. The minimum absolute atomic E-state index is 0.0899. The van der Waals surface area contributed by atoms with Crippen molar-refractivity contribution in [3.63, 3.8) is 0 Å². The van der Waals surface area contributed by atoms with E-state index in [-0.39, 0.29) is 11.8 Å². The number of nitrogens with zero attached hydrogens (tertiary/aromatic N) is 2. The molecular weight excluding hydrogens is 240 g/mol. The van der Waals surface area contributed by atoms with Crippen LogP contribution in [-0.2, 0) is 4.79 Å². The number of likely N-dealkylation sites (tertiary alicyclic amines) is 1. The van der Waals surface area contributed by atoms with Crippen LogP contribution >= 0.6 is 0 Å². The van der Waals surface area contributed by atoms with Crippen molar-refractivity contribution in [2.45, 2.75) is 52.1 Å². The topological polar surface area (TPSA) is 56.7 Å². The largest absolute Gasteiger partial charge is 0.354 e. The summed E-state index contributed by atoms with van der Waals surface area (Å²) >= 11 is 0. The quantitative estimate of drug-likeness (QED) is 0.589. The molecule has 1 amide bonds. The Morgan fingerprint density at radius 3 is 2.53 bits per heavy atom. The molecule has 1 aliphatic heterocycles. The fourth-order valence-electron chi connectivity index (χ4n) is 2.35. The lowest BCUT2D eigenvalue weighted by atomic mass is 10.2. The molecule has 0 aromatic heterocycles. The van der Waals surface area contributed by atoms with Gasteiger partial charge in [-0.3, -0.25) is 9.79 Å². The maximum absolute atomic E-state index is 11.9. The fraction of sp³-hybridized carbons (Fsp3) is 0.857. The average Bonchev–Trinajstić information content (AvgIpc) is 3.05. The Bertz CT molecular complexity index is 349. The minimum atomic E-state index is 0.0899. The van der Waals surface area contributed by atoms with Gasteiger partial charge >= 0.3 is 0 Å². The van der Waals surface area contributed by atoms with Crippen LogP contribution in [0.5, 0.6) is 0 Å². The van der Waals surface area contributed by atoms with Crippen LogP contribution in [0.4, 0.5) is 0 Å². The van der Waals surface area contributed by atoms with Gasteiger partial charge in [0, 0.05) is 37.6 Å². The maximum Gasteiger partial charge on any atom is 0.225 e. The Hall–Kier alpha value is -1.26. The zero-order valence-electron chi connectivity index (χ0n) is 12.3. The number of amides is 1. The van der Waals surface area contributed by atoms with Gasteiger partial charge in [0.25, 0.3) is 0 Å². The Morgan fingerprint density at radius 1 is 1.26 bits per heavy atom. The van der Waals surface area contributed by atoms with Gasteiger partial charge in [-0.15, -0.1) is 0 Å². The van der Waals surface area contributed by atoms with Gasteiger partial charge in [0.2, 0.25) is 5.91 Å². The molecule has 1 saturated heterocycles. The van der Waals surface area contributed by atoms with Crippen molar-refractivity contribution in [3.8, 4) is 0 Å². The molecule has 1 unspecified atom stereocenters. The molecular formula is C14H26N4O. The summed E-state index contributed by atoms with van der Waals surface area (Å²) in [4.78, 5) is 18.4. The molecule has 0 aromatic rings. The van der Waals surface area contributed by atoms with Crippen molar-refractivity contribution in [1.82, 2.24) is 15.5 Å². The first-order chi connectivity index (χ1) is 9.10. The number of carbonyl (C=O) groups excluding carboxylic acids is 1. The van der Waals surface area contributed by atoms with Crippen molar-refractivity contribution >= 4 is 11.9 Å². The van der Waals surface area contributed by atoms with Gasteiger partial charge in [0.05, 0.1) is 0 Å². The zero-order valence-corrected chi connectivity index (χ0v) is 12.3. The van der Waals surface area contributed by atoms with Crippen LogP contribution < -0.4 is 10.6 Å². The molecule has 19 heavy (non-hydrogen) atoms. The lowest BCUT2D eigenvalue weighted by Crippen LogP contribution is -2.46. The van der Waals surface area contributed by atoms with Gasteiger partial charge in [-0.25, -0.2) is 0 Å². The third kappa shape index (κ3) is 4.11. The van der Waals surface area contributed by atoms with E-state index < -0.39 is 0 Å². The molecule has 5 nitrogen and oxygen atoms in total. The van der Waals surface area contributed by atoms with E-state index in [1.54, 1.807) is 0 Å². The van der Waals surface area contributed by atoms with Gasteiger partial charge in [-0.1, -0.05) is 13.8 Å². The normalized spacial score (nSPS) is 23.9. The third-order valence-corrected chi connectivity index (χ3v) is 3.57. The monoisotopic (exact) mass is 266 g/mol. The maximum atomic E-state index is 11.9. The molecule has 2 rings (SSSR count). The van der Waals surface area contributed by atoms with Gasteiger partial charge in [0.1, 0.15) is 0 Å². The highest BCUT2D eigenvalue weighted by atomic mass is 16.2. The molecule has 2 aliphatic rings. The summed E-state index contributed by atoms with van der Waals surface area (Å²) in [6.45, 7) is 8.40. The summed E-state index contributed by atoms with van der Waals surface area (Å²) in [5.41, 5.74) is 0. The van der Waals surface area contributed by atoms with Crippen LogP contribution in [-0.4, -0.2) is 48.5 Å². The molecule has 2 fully saturated rings. The molecule has 5 heteroatoms. The first-order valence-electron chi connectivity index (χ1n) is 7.46. The molecule has 0 spiro atoms. The molecule has 1 atom stereocenters. The van der Waals surface area contributed by atoms with E-state index in [9.17, 15) is 4.79 Å². The lowest BCUT2D eigenvalue weighted by molar-refractivity contribution is -0.133. The van der Waals surface area contributed by atoms with Crippen molar-refractivity contribution in [1.29, 1.82) is 0 Å². The summed E-state index contributed by atoms with van der Waals surface area (Å²) in [5, 5.41) is 6.88. The van der Waals surface area contributed by atoms with Crippen molar-refractivity contribution in [3.05, 3.63) is 0 Å². The Kier molecular flexibility index (Phi) is 4.66. The second-order valence-electron chi connectivity index (χ2n) is 5.81. The predicted octanol–water partition coefficient (Wildman–Crippen LogP) is 0.961. The fourth-order valence-corrected chi connectivity index (χ4v) is 2.35. The third-order valence-electron chi connectivity index (χ3n) is 3.57. The summed E-state index contributed by atoms with van der Waals surface area (Å²) in [5.74, 6) is 1.26. The number of nitrogens with one attached hydrogen (secondary N) is 2. The zero-order chi connectivity index (χ0) is 13.8. The van der Waals surface area contributed by atoms with E-state index >= 15 is 0 Å². The second-order valence-corrected chi connectivity index (χ2v) is 5.81. The van der Waals surface area contributed by atoms with Gasteiger partial charge < -0.3 is 15.5 Å². The molecule has 1 aliphatic carbocycles. The smallest absolute Gasteiger partial charge is 0.225 e. The molecule has 1 saturated carbocycles. The SMILES string of the molecule is CCN=C(NC1CC1)NC1CCN(C(=O)C(C)C)C1. The molecule has 0 bridgehead atoms. The highest BCUT2D eigenvalue weighted by Crippen LogP contribution is 2.18. The van der Waals surface area contributed by atoms with Crippen LogP contribution in [0.25, 0.3) is 0 Å². The Morgan fingerprint density at radius 2 is 1.95 bits per heavy atom. The number of rotatable bonds is 4. The lowest BCUT2D eigenvalue weighted by Gasteiger charge is -2.20. The van der Waals surface area contributed by atoms with Gasteiger partial charge in [-0.05, 0) is 26.2 Å². The summed E-state index contributed by atoms with van der Waals surface area (Å²) in [6, 6.07) is 0.937. The van der Waals surface area contributed by atoms with Crippen LogP contribution in [0.15, 0.2) is 4.99 Å². The first-order valence-corrected chi connectivity index (χ1v) is 7.46. The highest BCUT2D eigenvalue weighted by Gasteiger charge is 2.29. The van der Waals surface area contributed by atoms with Crippen LogP contribution in [0.2, 0.25) is 0 Å². The Labute approximate surface area is 115 Å². The molecule has 0 aromatic carbocycles. The van der Waals surface area contributed by atoms with E-state index in [0.29, 0.717) is 12.1 Å². The van der Waals surface area contributed by atoms with E-state index in [0.717, 1.165) is 32.0 Å². The summed E-state index contributed by atoms with van der Waals surface area (Å²) in [6.07, 6.45) is 3.49. The van der Waals surface area contributed by atoms with Crippen molar-refractivity contribution < 1.29 is 4.79 Å². The number of hydrogen-bond donors (Lipinski definition) is 2. The number of guanidine groups is 1. The van der Waals surface area contributed by atoms with Gasteiger partial charge in [0.15, 0.2) is 5.96 Å². The summed E-state index contributed by atoms with van der Waals surface area (Å²) < 4.78 is 0. The number of hydrogen-bond acceptors (Lipinski definition) is 2. The first kappa shape index (κ1) is 14.2. The molecule has 1 heterocycles. The van der Waals surface area contributed by atoms with Crippen LogP contribution in [0.1, 0.15) is 40.0 Å². The van der Waals surface area contributed by atoms with E-state index in [1.807, 2.05) is 25.7 Å². The Balaban J connectivity index is 1.82. The summed E-state index contributed by atoms with van der Waals surface area (Å²) in [7, 11) is 0. The second kappa shape index (κ2) is 6.26. The van der Waals surface area contributed by atoms with E-state index in [2.05, 4.69) is 15.6 Å². The molecule has 108 valence electrons. The van der Waals surface area contributed by atoms with Crippen LogP contribution in [0, 0.1) is 5.92 Å². The molecule has 2 N–H and O–H groups in total. The number of carbonyl (C=O) groups is 1. The minimum Gasteiger partial charge on any atom is -0.354 e. The standard InChI is InChI=1S/C14H26N4O/c1-4-15-14(16-11-5-6-11)17-12-7-8-18(9-12)13(19)10(2)3/h10-12H,4-9H2,1-3H3,(H2,15,16,17). The predicted molar refractivity (Wildman–Crippen MR) is 77.1 cm³/mol. The van der Waals surface area contributed by atoms with Crippen LogP contribution in [0.3, 0.4) is 0 Å².